The lowest BCUT2D eigenvalue weighted by molar-refractivity contribution is 0.00669. The Bertz CT molecular complexity index is 260. The van der Waals surface area contributed by atoms with E-state index in [4.69, 9.17) is 4.74 Å². The van der Waals surface area contributed by atoms with Gasteiger partial charge in [-0.15, -0.1) is 0 Å². The Morgan fingerprint density at radius 1 is 1.55 bits per heavy atom. The third-order valence-electron chi connectivity index (χ3n) is 1.80. The second-order valence-electron chi connectivity index (χ2n) is 2.63. The van der Waals surface area contributed by atoms with Gasteiger partial charge in [0.05, 0.1) is 13.2 Å². The van der Waals surface area contributed by atoms with Crippen molar-refractivity contribution in [1.29, 1.82) is 0 Å². The summed E-state index contributed by atoms with van der Waals surface area (Å²) >= 11 is 3.40. The molecule has 0 aromatic carbocycles. The molecule has 1 aliphatic heterocycles. The second kappa shape index (κ2) is 2.91. The summed E-state index contributed by atoms with van der Waals surface area (Å²) in [5, 5.41) is 0. The van der Waals surface area contributed by atoms with Gasteiger partial charge in [0.25, 0.3) is 0 Å². The zero-order valence-corrected chi connectivity index (χ0v) is 7.54. The molecule has 0 aliphatic carbocycles. The van der Waals surface area contributed by atoms with Gasteiger partial charge in [-0.2, -0.15) is 0 Å². The Kier molecular flexibility index (Phi) is 1.92. The van der Waals surface area contributed by atoms with E-state index in [1.807, 2.05) is 18.3 Å². The Morgan fingerprint density at radius 3 is 2.91 bits per heavy atom. The van der Waals surface area contributed by atoms with Crippen molar-refractivity contribution in [2.24, 2.45) is 0 Å². The van der Waals surface area contributed by atoms with E-state index >= 15 is 0 Å². The molecule has 0 atom stereocenters. The summed E-state index contributed by atoms with van der Waals surface area (Å²) in [4.78, 5) is 4.25. The van der Waals surface area contributed by atoms with E-state index in [1.54, 1.807) is 0 Å². The number of nitrogens with zero attached hydrogens (tertiary/aromatic N) is 1. The van der Waals surface area contributed by atoms with Crippen molar-refractivity contribution in [3.63, 3.8) is 0 Å². The molecule has 2 nitrogen and oxygen atoms in total. The first-order chi connectivity index (χ1) is 5.36. The average Bonchev–Trinajstić information content (AvgIpc) is 1.83. The van der Waals surface area contributed by atoms with E-state index in [-0.39, 0.29) is 0 Å². The Labute approximate surface area is 73.7 Å². The van der Waals surface area contributed by atoms with Crippen LogP contribution in [0, 0.1) is 0 Å². The van der Waals surface area contributed by atoms with Crippen LogP contribution in [0.1, 0.15) is 11.6 Å². The summed E-state index contributed by atoms with van der Waals surface area (Å²) in [5.41, 5.74) is 1.13. The molecule has 0 radical (unpaired) electrons. The highest BCUT2D eigenvalue weighted by atomic mass is 79.9. The molecule has 0 spiro atoms. The molecule has 1 aliphatic rings. The molecule has 2 heterocycles. The van der Waals surface area contributed by atoms with Crippen LogP contribution >= 0.6 is 15.9 Å². The first kappa shape index (κ1) is 7.25. The van der Waals surface area contributed by atoms with Crippen molar-refractivity contribution in [2.75, 3.05) is 13.2 Å². The Morgan fingerprint density at radius 2 is 2.36 bits per heavy atom. The summed E-state index contributed by atoms with van der Waals surface area (Å²) in [5.74, 6) is 0.521. The highest BCUT2D eigenvalue weighted by molar-refractivity contribution is 9.10. The molecule has 58 valence electrons. The van der Waals surface area contributed by atoms with Crippen LogP contribution in [-0.4, -0.2) is 18.2 Å². The number of aromatic nitrogens is 1. The molecule has 1 fully saturated rings. The largest absolute Gasteiger partial charge is 0.380 e. The summed E-state index contributed by atoms with van der Waals surface area (Å²) in [6.07, 6.45) is 1.82. The molecular formula is C8H8BrNO. The third kappa shape index (κ3) is 1.44. The molecule has 0 saturated carbocycles. The van der Waals surface area contributed by atoms with Crippen molar-refractivity contribution >= 4 is 15.9 Å². The van der Waals surface area contributed by atoms with Crippen LogP contribution in [0.2, 0.25) is 0 Å². The number of pyridine rings is 1. The van der Waals surface area contributed by atoms with Crippen molar-refractivity contribution in [3.05, 3.63) is 28.5 Å². The first-order valence-electron chi connectivity index (χ1n) is 3.55. The minimum Gasteiger partial charge on any atom is -0.380 e. The maximum atomic E-state index is 5.07. The lowest BCUT2D eigenvalue weighted by Gasteiger charge is -2.25. The second-order valence-corrected chi connectivity index (χ2v) is 3.55. The smallest absolute Gasteiger partial charge is 0.0572 e. The van der Waals surface area contributed by atoms with Gasteiger partial charge in [0, 0.05) is 22.3 Å². The van der Waals surface area contributed by atoms with Gasteiger partial charge in [0.15, 0.2) is 0 Å². The molecule has 1 aromatic heterocycles. The molecule has 3 heteroatoms. The van der Waals surface area contributed by atoms with Crippen LogP contribution in [0.15, 0.2) is 22.8 Å². The molecule has 0 N–H and O–H groups in total. The summed E-state index contributed by atoms with van der Waals surface area (Å²) in [6, 6.07) is 3.98. The zero-order valence-electron chi connectivity index (χ0n) is 5.96. The molecule has 0 bridgehead atoms. The number of hydrogen-bond acceptors (Lipinski definition) is 2. The summed E-state index contributed by atoms with van der Waals surface area (Å²) in [6.45, 7) is 1.65. The minimum atomic E-state index is 0.521. The highest BCUT2D eigenvalue weighted by Crippen LogP contribution is 2.23. The Hall–Kier alpha value is -0.410. The normalized spacial score (nSPS) is 17.9. The fourth-order valence-corrected chi connectivity index (χ4v) is 1.40. The van der Waals surface area contributed by atoms with Crippen molar-refractivity contribution < 1.29 is 4.74 Å². The van der Waals surface area contributed by atoms with Crippen LogP contribution in [0.25, 0.3) is 0 Å². The molecule has 1 saturated heterocycles. The topological polar surface area (TPSA) is 22.1 Å². The lowest BCUT2D eigenvalue weighted by atomic mass is 10.0. The number of ether oxygens (including phenoxy) is 1. The number of hydrogen-bond donors (Lipinski definition) is 0. The molecule has 11 heavy (non-hydrogen) atoms. The first-order valence-corrected chi connectivity index (χ1v) is 4.35. The standard InChI is InChI=1S/C8H8BrNO/c9-7-1-2-10-8(3-7)6-4-11-5-6/h1-3,6H,4-5H2. The quantitative estimate of drug-likeness (QED) is 0.712. The van der Waals surface area contributed by atoms with Gasteiger partial charge in [-0.05, 0) is 12.1 Å². The van der Waals surface area contributed by atoms with Gasteiger partial charge in [0.1, 0.15) is 0 Å². The van der Waals surface area contributed by atoms with Gasteiger partial charge in [-0.3, -0.25) is 4.98 Å². The SMILES string of the molecule is Brc1ccnc(C2COC2)c1. The average molecular weight is 214 g/mol. The third-order valence-corrected chi connectivity index (χ3v) is 2.29. The highest BCUT2D eigenvalue weighted by Gasteiger charge is 2.21. The van der Waals surface area contributed by atoms with Crippen LogP contribution in [0.3, 0.4) is 0 Å². The van der Waals surface area contributed by atoms with Gasteiger partial charge < -0.3 is 4.74 Å². The molecule has 0 amide bonds. The van der Waals surface area contributed by atoms with Crippen LogP contribution in [0.5, 0.6) is 0 Å². The molecule has 2 rings (SSSR count). The fourth-order valence-electron chi connectivity index (χ4n) is 1.05. The van der Waals surface area contributed by atoms with E-state index in [0.29, 0.717) is 5.92 Å². The van der Waals surface area contributed by atoms with E-state index in [0.717, 1.165) is 23.4 Å². The Balaban J connectivity index is 2.23. The van der Waals surface area contributed by atoms with Crippen molar-refractivity contribution in [1.82, 2.24) is 4.98 Å². The molecular weight excluding hydrogens is 206 g/mol. The van der Waals surface area contributed by atoms with Gasteiger partial charge in [-0.1, -0.05) is 15.9 Å². The van der Waals surface area contributed by atoms with Gasteiger partial charge in [0.2, 0.25) is 0 Å². The maximum absolute atomic E-state index is 5.07. The number of halogens is 1. The molecule has 1 aromatic rings. The van der Waals surface area contributed by atoms with E-state index in [9.17, 15) is 0 Å². The fraction of sp³-hybridized carbons (Fsp3) is 0.375. The monoisotopic (exact) mass is 213 g/mol. The van der Waals surface area contributed by atoms with Crippen molar-refractivity contribution in [2.45, 2.75) is 5.92 Å². The van der Waals surface area contributed by atoms with Crippen LogP contribution in [0.4, 0.5) is 0 Å². The zero-order chi connectivity index (χ0) is 7.68. The minimum absolute atomic E-state index is 0.521. The van der Waals surface area contributed by atoms with Gasteiger partial charge in [-0.25, -0.2) is 0 Å². The predicted molar refractivity (Wildman–Crippen MR) is 45.5 cm³/mol. The molecule has 0 unspecified atom stereocenters. The van der Waals surface area contributed by atoms with Crippen LogP contribution < -0.4 is 0 Å². The van der Waals surface area contributed by atoms with Crippen molar-refractivity contribution in [3.8, 4) is 0 Å². The van der Waals surface area contributed by atoms with E-state index in [1.165, 1.54) is 0 Å². The lowest BCUT2D eigenvalue weighted by Crippen LogP contribution is -2.25. The summed E-state index contributed by atoms with van der Waals surface area (Å²) < 4.78 is 6.17. The van der Waals surface area contributed by atoms with Gasteiger partial charge >= 0.3 is 0 Å². The maximum Gasteiger partial charge on any atom is 0.0572 e. The predicted octanol–water partition coefficient (Wildman–Crippen LogP) is 1.96. The van der Waals surface area contributed by atoms with E-state index in [2.05, 4.69) is 20.9 Å². The van der Waals surface area contributed by atoms with E-state index < -0.39 is 0 Å². The summed E-state index contributed by atoms with van der Waals surface area (Å²) in [7, 11) is 0. The number of rotatable bonds is 1. The van der Waals surface area contributed by atoms with Crippen LogP contribution in [-0.2, 0) is 4.74 Å².